The minimum absolute atomic E-state index is 0.197. The lowest BCUT2D eigenvalue weighted by atomic mass is 9.92. The van der Waals surface area contributed by atoms with E-state index in [2.05, 4.69) is 0 Å². The van der Waals surface area contributed by atoms with E-state index in [0.29, 0.717) is 31.3 Å². The second-order valence-electron chi connectivity index (χ2n) is 10.1. The molecule has 2 saturated heterocycles. The van der Waals surface area contributed by atoms with Crippen molar-refractivity contribution in [3.63, 3.8) is 0 Å². The zero-order valence-corrected chi connectivity index (χ0v) is 20.7. The Kier molecular flexibility index (Phi) is 7.31. The van der Waals surface area contributed by atoms with E-state index in [9.17, 15) is 19.5 Å². The van der Waals surface area contributed by atoms with E-state index < -0.39 is 41.7 Å². The van der Waals surface area contributed by atoms with Crippen LogP contribution in [0.1, 0.15) is 69.8 Å². The normalized spacial score (nSPS) is 27.6. The maximum atomic E-state index is 12.8. The van der Waals surface area contributed by atoms with Crippen LogP contribution in [0.4, 0.5) is 0 Å². The van der Waals surface area contributed by atoms with Gasteiger partial charge in [0.15, 0.2) is 6.29 Å². The summed E-state index contributed by atoms with van der Waals surface area (Å²) >= 11 is 0. The molecule has 5 rings (SSSR count). The Morgan fingerprint density at radius 3 is 2.00 bits per heavy atom. The zero-order valence-electron chi connectivity index (χ0n) is 20.7. The van der Waals surface area contributed by atoms with Gasteiger partial charge >= 0.3 is 17.9 Å². The van der Waals surface area contributed by atoms with Gasteiger partial charge in [0.2, 0.25) is 5.79 Å². The number of carbonyl (C=O) groups is 3. The highest BCUT2D eigenvalue weighted by Crippen LogP contribution is 2.39. The first kappa shape index (κ1) is 25.4. The predicted octanol–water partition coefficient (Wildman–Crippen LogP) is 4.48. The Hall–Kier alpha value is -3.23. The molecule has 1 aromatic carbocycles. The number of benzene rings is 1. The van der Waals surface area contributed by atoms with E-state index in [1.165, 1.54) is 12.2 Å². The second kappa shape index (κ2) is 10.6. The molecule has 2 unspecified atom stereocenters. The molecule has 2 aliphatic carbocycles. The average Bonchev–Trinajstić information content (AvgIpc) is 2.88. The van der Waals surface area contributed by atoms with Crippen LogP contribution in [0.25, 0.3) is 5.57 Å². The number of ether oxygens (including phenoxy) is 4. The van der Waals surface area contributed by atoms with Crippen LogP contribution in [0.15, 0.2) is 60.2 Å². The topological polar surface area (TPSA) is 108 Å². The molecule has 2 spiro atoms. The highest BCUT2D eigenvalue weighted by Gasteiger charge is 2.48. The number of aliphatic hydroxyl groups excluding tert-OH is 1. The van der Waals surface area contributed by atoms with Gasteiger partial charge in [0, 0.05) is 25.7 Å². The number of carbonyl (C=O) groups excluding carboxylic acids is 3. The summed E-state index contributed by atoms with van der Waals surface area (Å²) in [5.74, 6) is -5.16. The molecule has 2 aliphatic heterocycles. The average molecular weight is 509 g/mol. The van der Waals surface area contributed by atoms with Crippen molar-refractivity contribution >= 4 is 23.5 Å². The van der Waals surface area contributed by atoms with Crippen molar-refractivity contribution in [2.75, 3.05) is 0 Å². The van der Waals surface area contributed by atoms with Crippen molar-refractivity contribution in [1.82, 2.24) is 0 Å². The fourth-order valence-electron chi connectivity index (χ4n) is 5.41. The van der Waals surface area contributed by atoms with E-state index in [1.54, 1.807) is 12.2 Å². The van der Waals surface area contributed by atoms with Crippen LogP contribution in [0.2, 0.25) is 0 Å². The smallest absolute Gasteiger partial charge is 0.348 e. The van der Waals surface area contributed by atoms with Gasteiger partial charge in [0.05, 0.1) is 0 Å². The number of esters is 3. The van der Waals surface area contributed by atoms with Gasteiger partial charge in [0.25, 0.3) is 5.79 Å². The summed E-state index contributed by atoms with van der Waals surface area (Å²) in [7, 11) is 0. The van der Waals surface area contributed by atoms with Crippen LogP contribution in [0, 0.1) is 5.92 Å². The first-order valence-corrected chi connectivity index (χ1v) is 13.1. The molecule has 8 heteroatoms. The maximum Gasteiger partial charge on any atom is 0.348 e. The summed E-state index contributed by atoms with van der Waals surface area (Å²) in [6.07, 6.45) is 12.4. The minimum Gasteiger partial charge on any atom is -0.432 e. The van der Waals surface area contributed by atoms with Crippen molar-refractivity contribution < 1.29 is 38.4 Å². The molecule has 1 N–H and O–H groups in total. The molecule has 1 aromatic rings. The van der Waals surface area contributed by atoms with E-state index >= 15 is 0 Å². The van der Waals surface area contributed by atoms with E-state index in [0.717, 1.165) is 44.1 Å². The number of allylic oxidation sites excluding steroid dienone is 4. The second-order valence-corrected chi connectivity index (χ2v) is 10.1. The molecule has 37 heavy (non-hydrogen) atoms. The molecule has 4 aliphatic rings. The zero-order chi connectivity index (χ0) is 25.9. The molecule has 2 heterocycles. The summed E-state index contributed by atoms with van der Waals surface area (Å²) in [6.45, 7) is 0. The third-order valence-corrected chi connectivity index (χ3v) is 7.45. The van der Waals surface area contributed by atoms with Crippen molar-refractivity contribution in [3.8, 4) is 0 Å². The van der Waals surface area contributed by atoms with Crippen LogP contribution < -0.4 is 0 Å². The first-order valence-electron chi connectivity index (χ1n) is 13.1. The van der Waals surface area contributed by atoms with Crippen molar-refractivity contribution in [2.24, 2.45) is 5.92 Å². The van der Waals surface area contributed by atoms with E-state index in [1.807, 2.05) is 30.3 Å². The van der Waals surface area contributed by atoms with E-state index in [4.69, 9.17) is 18.9 Å². The third kappa shape index (κ3) is 5.55. The SMILES string of the molecule is O=C1OC2(CCCCC2)OC(=O)C1=C/C=C(/C=C/C1C(=O)OC2(CCCCC2)OC1O)c1ccccc1. The molecule has 4 fully saturated rings. The van der Waals surface area contributed by atoms with Crippen molar-refractivity contribution in [3.05, 3.63) is 65.8 Å². The van der Waals surface area contributed by atoms with Gasteiger partial charge < -0.3 is 24.1 Å². The lowest BCUT2D eigenvalue weighted by molar-refractivity contribution is -0.332. The summed E-state index contributed by atoms with van der Waals surface area (Å²) in [5.41, 5.74) is 1.18. The number of rotatable bonds is 4. The third-order valence-electron chi connectivity index (χ3n) is 7.45. The van der Waals surface area contributed by atoms with Crippen LogP contribution in [0.3, 0.4) is 0 Å². The molecule has 0 amide bonds. The molecule has 2 saturated carbocycles. The molecule has 0 aromatic heterocycles. The fourth-order valence-corrected chi connectivity index (χ4v) is 5.41. The molecular formula is C29H32O8. The number of aliphatic hydroxyl groups is 1. The molecule has 0 bridgehead atoms. The predicted molar refractivity (Wildman–Crippen MR) is 132 cm³/mol. The lowest BCUT2D eigenvalue weighted by Gasteiger charge is -2.43. The summed E-state index contributed by atoms with van der Waals surface area (Å²) < 4.78 is 22.6. The van der Waals surface area contributed by atoms with Gasteiger partial charge in [-0.25, -0.2) is 9.59 Å². The minimum atomic E-state index is -1.33. The largest absolute Gasteiger partial charge is 0.432 e. The van der Waals surface area contributed by atoms with Crippen molar-refractivity contribution in [1.29, 1.82) is 0 Å². The van der Waals surface area contributed by atoms with Gasteiger partial charge in [-0.3, -0.25) is 4.79 Å². The standard InChI is InChI=1S/C29H32O8/c30-24-22(25(31)35-28(34-24)16-6-2-7-17-28)14-12-21(20-10-4-1-5-11-20)13-15-23-26(32)36-29(37-27(23)33)18-8-3-9-19-29/h1,4-5,10-15,22,24,30H,2-3,6-9,16-19H2/b14-12+,21-13-. The Balaban J connectivity index is 1.37. The van der Waals surface area contributed by atoms with E-state index in [-0.39, 0.29) is 5.57 Å². The molecule has 196 valence electrons. The summed E-state index contributed by atoms with van der Waals surface area (Å²) in [4.78, 5) is 38.2. The highest BCUT2D eigenvalue weighted by molar-refractivity contribution is 6.15. The molecule has 2 atom stereocenters. The first-order chi connectivity index (χ1) is 17.9. The van der Waals surface area contributed by atoms with Crippen LogP contribution in [-0.2, 0) is 33.3 Å². The van der Waals surface area contributed by atoms with Gasteiger partial charge in [-0.05, 0) is 42.9 Å². The van der Waals surface area contributed by atoms with Gasteiger partial charge in [-0.2, -0.15) is 0 Å². The van der Waals surface area contributed by atoms with Crippen LogP contribution in [-0.4, -0.2) is 40.9 Å². The van der Waals surface area contributed by atoms with Gasteiger partial charge in [0.1, 0.15) is 11.5 Å². The Bertz CT molecular complexity index is 1100. The Morgan fingerprint density at radius 1 is 0.811 bits per heavy atom. The Morgan fingerprint density at radius 2 is 1.41 bits per heavy atom. The quantitative estimate of drug-likeness (QED) is 0.275. The highest BCUT2D eigenvalue weighted by atomic mass is 16.8. The number of hydrogen-bond donors (Lipinski definition) is 1. The lowest BCUT2D eigenvalue weighted by Crippen LogP contribution is -2.52. The molecular weight excluding hydrogens is 476 g/mol. The van der Waals surface area contributed by atoms with Crippen LogP contribution >= 0.6 is 0 Å². The molecule has 0 radical (unpaired) electrons. The van der Waals surface area contributed by atoms with Gasteiger partial charge in [-0.1, -0.05) is 61.4 Å². The molecule has 8 nitrogen and oxygen atoms in total. The number of hydrogen-bond acceptors (Lipinski definition) is 8. The Labute approximate surface area is 215 Å². The fraction of sp³-hybridized carbons (Fsp3) is 0.483. The van der Waals surface area contributed by atoms with Crippen LogP contribution in [0.5, 0.6) is 0 Å². The summed E-state index contributed by atoms with van der Waals surface area (Å²) in [5, 5.41) is 10.6. The van der Waals surface area contributed by atoms with Gasteiger partial charge in [-0.15, -0.1) is 0 Å². The summed E-state index contributed by atoms with van der Waals surface area (Å²) in [6, 6.07) is 9.26. The maximum absolute atomic E-state index is 12.8. The van der Waals surface area contributed by atoms with Crippen molar-refractivity contribution in [2.45, 2.75) is 82.1 Å². The monoisotopic (exact) mass is 508 g/mol.